The van der Waals surface area contributed by atoms with Gasteiger partial charge in [0.05, 0.1) is 6.04 Å². The molecule has 122 heavy (non-hydrogen) atoms. The van der Waals surface area contributed by atoms with Gasteiger partial charge in [-0.05, 0) is 201 Å². The van der Waals surface area contributed by atoms with E-state index in [4.69, 9.17) is 28.0 Å². The number of aliphatic carboxylic acids is 3. The van der Waals surface area contributed by atoms with Crippen molar-refractivity contribution in [3.05, 3.63) is 59.7 Å². The molecule has 3 rings (SSSR count). The van der Waals surface area contributed by atoms with Crippen molar-refractivity contribution in [1.29, 1.82) is 0 Å². The summed E-state index contributed by atoms with van der Waals surface area (Å²) in [7, 11) is 0. The molecule has 0 unspecified atom stereocenters. The van der Waals surface area contributed by atoms with Gasteiger partial charge in [-0.25, -0.2) is 0 Å². The van der Waals surface area contributed by atoms with Crippen LogP contribution in [-0.2, 0) is 104 Å². The maximum Gasteiger partial charge on any atom is 0.325 e. The Morgan fingerprint density at radius 1 is 0.336 bits per heavy atom. The molecule has 1 saturated heterocycles. The first-order valence-electron chi connectivity index (χ1n) is 40.4. The first-order chi connectivity index (χ1) is 57.4. The van der Waals surface area contributed by atoms with E-state index in [2.05, 4.69) is 79.8 Å². The fourth-order valence-electron chi connectivity index (χ4n) is 12.2. The Morgan fingerprint density at radius 3 is 0.943 bits per heavy atom. The molecule has 1 aliphatic heterocycles. The molecule has 678 valence electrons. The van der Waals surface area contributed by atoms with Crippen LogP contribution in [0.4, 0.5) is 0 Å². The van der Waals surface area contributed by atoms with Crippen LogP contribution in [0, 0.1) is 0 Å². The molecule has 28 N–H and O–H groups in total. The van der Waals surface area contributed by atoms with Crippen LogP contribution in [0.25, 0.3) is 0 Å². The van der Waals surface area contributed by atoms with Crippen molar-refractivity contribution in [2.75, 3.05) is 26.2 Å². The first kappa shape index (κ1) is 104. The monoisotopic (exact) mass is 1720 g/mol. The van der Waals surface area contributed by atoms with Gasteiger partial charge >= 0.3 is 17.9 Å². The number of amides is 16. The summed E-state index contributed by atoms with van der Waals surface area (Å²) >= 11 is 0. The SMILES string of the molecule is C[C@H](NC(=O)[C@@H]1CCCN1C(=O)[C@H](C)NC(=O)[C@H](C)NC(=O)[C@H](C)NC(=O)[C@H](C)NC(=O)[C@H](C)NC(=O)[C@H](C)NC(=O)[C@H](CCCCN)NC(=O)[C@H](Cc1ccc(O)cc1)NC(=O)[C@H](C)NC(=O)[C@H](CCC(=O)O)NC(=O)[C@H](Cc1ccc(O)cc1)NC(=O)[C@H](CCCCN)NC(=O)[C@H](C)NC(=O)[C@H](CCCCN)NC(=O)[C@@H](N)CCC(=O)O)C(=O)O. The highest BCUT2D eigenvalue weighted by molar-refractivity contribution is 6.01. The Bertz CT molecular complexity index is 3950. The van der Waals surface area contributed by atoms with E-state index in [1.807, 2.05) is 0 Å². The molecule has 44 heteroatoms. The van der Waals surface area contributed by atoms with Crippen LogP contribution in [0.15, 0.2) is 48.5 Å². The highest BCUT2D eigenvalue weighted by atomic mass is 16.4. The lowest BCUT2D eigenvalue weighted by molar-refractivity contribution is -0.144. The number of hydrogen-bond acceptors (Lipinski definition) is 25. The number of nitrogens with two attached hydrogens (primary N) is 4. The van der Waals surface area contributed by atoms with Crippen molar-refractivity contribution in [2.45, 2.75) is 274 Å². The molecular weight excluding hydrogens is 1600 g/mol. The standard InChI is InChI=1S/C78H122N20O24/c1-39(62(105)84-40(2)64(107)86-42(4)66(109)90-46(8)77(120)98-36-16-20-59(98)76(119)91-47(9)78(121)122)83-63(106)41(3)85-65(108)43(5)87-71(114)54(18-11-14-34-80)94-74(117)57(37-48-21-25-50(99)26-22-48)96-68(111)45(7)89-72(115)56(30-32-61(103)104)95-75(118)58(38-49-23-27-51(100)28-24-49)97-73(116)55(19-12-15-35-81)92-67(110)44(6)88-70(113)53(17-10-13-33-79)93-69(112)52(82)29-31-60(101)102/h21-28,39-47,52-59,99-100H,10-20,29-38,79-82H2,1-9H3,(H,83,106)(H,84,105)(H,85,108)(H,86,107)(H,87,114)(H,88,113)(H,89,115)(H,90,109)(H,91,119)(H,92,110)(H,93,112)(H,94,117)(H,95,118)(H,96,111)(H,97,116)(H,101,102)(H,103,104)(H,121,122)/t39-,40-,41-,42-,43-,44-,45-,46-,47-,52-,53-,54-,55-,56-,57-,58-,59-/m0/s1. The minimum absolute atomic E-state index is 0.0409. The van der Waals surface area contributed by atoms with Crippen molar-refractivity contribution in [1.82, 2.24) is 84.7 Å². The molecule has 0 bridgehead atoms. The van der Waals surface area contributed by atoms with Crippen molar-refractivity contribution in [3.8, 4) is 11.5 Å². The summed E-state index contributed by atoms with van der Waals surface area (Å²) in [5.41, 5.74) is 23.8. The zero-order valence-electron chi connectivity index (χ0n) is 70.0. The molecule has 1 fully saturated rings. The van der Waals surface area contributed by atoms with Gasteiger partial charge in [0, 0.05) is 32.2 Å². The quantitative estimate of drug-likeness (QED) is 0.0274. The second kappa shape index (κ2) is 52.8. The molecule has 17 atom stereocenters. The second-order valence-electron chi connectivity index (χ2n) is 30.0. The normalized spacial score (nSPS) is 16.2. The van der Waals surface area contributed by atoms with Gasteiger partial charge in [-0.1, -0.05) is 24.3 Å². The number of likely N-dealkylation sites (tertiary alicyclic amines) is 1. The van der Waals surface area contributed by atoms with Gasteiger partial charge in [-0.2, -0.15) is 0 Å². The number of carbonyl (C=O) groups excluding carboxylic acids is 16. The van der Waals surface area contributed by atoms with E-state index in [-0.39, 0.29) is 95.5 Å². The van der Waals surface area contributed by atoms with E-state index < -0.39 is 234 Å². The van der Waals surface area contributed by atoms with Gasteiger partial charge in [0.25, 0.3) is 0 Å². The predicted molar refractivity (Wildman–Crippen MR) is 436 cm³/mol. The molecule has 0 spiro atoms. The summed E-state index contributed by atoms with van der Waals surface area (Å²) in [6.45, 7) is 12.2. The summed E-state index contributed by atoms with van der Waals surface area (Å²) in [5, 5.41) is 85.4. The Morgan fingerprint density at radius 2 is 0.607 bits per heavy atom. The number of benzene rings is 2. The van der Waals surface area contributed by atoms with Crippen LogP contribution < -0.4 is 103 Å². The van der Waals surface area contributed by atoms with E-state index in [0.717, 1.165) is 0 Å². The maximum absolute atomic E-state index is 14.6. The average Bonchev–Trinajstić information content (AvgIpc) is 1.67. The summed E-state index contributed by atoms with van der Waals surface area (Å²) in [5.74, 6) is -18.7. The number of aromatic hydroxyl groups is 2. The smallest absolute Gasteiger partial charge is 0.325 e. The van der Waals surface area contributed by atoms with Crippen molar-refractivity contribution < 1.29 is 117 Å². The minimum atomic E-state index is -1.78. The minimum Gasteiger partial charge on any atom is -0.508 e. The van der Waals surface area contributed by atoms with E-state index in [0.29, 0.717) is 43.2 Å². The molecule has 44 nitrogen and oxygen atoms in total. The van der Waals surface area contributed by atoms with Crippen LogP contribution in [0.1, 0.15) is 170 Å². The van der Waals surface area contributed by atoms with Crippen molar-refractivity contribution >= 4 is 112 Å². The maximum atomic E-state index is 14.6. The third kappa shape index (κ3) is 36.8. The number of phenolic OH excluding ortho intramolecular Hbond substituents is 2. The molecule has 1 aliphatic rings. The molecule has 1 heterocycles. The van der Waals surface area contributed by atoms with E-state index in [1.165, 1.54) is 116 Å². The van der Waals surface area contributed by atoms with Crippen LogP contribution in [0.5, 0.6) is 11.5 Å². The number of carboxylic acid groups (broad SMARTS) is 3. The average molecular weight is 1720 g/mol. The Balaban J connectivity index is 1.78. The lowest BCUT2D eigenvalue weighted by Gasteiger charge is -2.28. The molecular formula is C78H122N20O24. The van der Waals surface area contributed by atoms with Gasteiger partial charge < -0.3 is 133 Å². The number of carboxylic acids is 3. The highest BCUT2D eigenvalue weighted by Crippen LogP contribution is 2.20. The second-order valence-corrected chi connectivity index (χ2v) is 30.0. The largest absolute Gasteiger partial charge is 0.508 e. The van der Waals surface area contributed by atoms with Crippen LogP contribution in [0.2, 0.25) is 0 Å². The van der Waals surface area contributed by atoms with Crippen molar-refractivity contribution in [2.24, 2.45) is 22.9 Å². The van der Waals surface area contributed by atoms with Crippen LogP contribution >= 0.6 is 0 Å². The van der Waals surface area contributed by atoms with Gasteiger partial charge in [0.2, 0.25) is 94.5 Å². The summed E-state index contributed by atoms with van der Waals surface area (Å²) in [6, 6.07) is -12.8. The molecule has 0 saturated carbocycles. The number of rotatable bonds is 54. The van der Waals surface area contributed by atoms with Crippen LogP contribution in [-0.4, -0.2) is 272 Å². The third-order valence-corrected chi connectivity index (χ3v) is 19.6. The predicted octanol–water partition coefficient (Wildman–Crippen LogP) is -6.15. The van der Waals surface area contributed by atoms with Gasteiger partial charge in [0.1, 0.15) is 108 Å². The van der Waals surface area contributed by atoms with Crippen LogP contribution in [0.3, 0.4) is 0 Å². The van der Waals surface area contributed by atoms with Gasteiger partial charge in [0.15, 0.2) is 0 Å². The lowest BCUT2D eigenvalue weighted by atomic mass is 10.0. The van der Waals surface area contributed by atoms with Gasteiger partial charge in [-0.3, -0.25) is 91.1 Å². The van der Waals surface area contributed by atoms with E-state index in [1.54, 1.807) is 0 Å². The van der Waals surface area contributed by atoms with E-state index >= 15 is 0 Å². The number of nitrogens with one attached hydrogen (secondary N) is 15. The number of carbonyl (C=O) groups is 19. The molecule has 2 aromatic rings. The Hall–Kier alpha value is -12.2. The number of hydrogen-bond donors (Lipinski definition) is 24. The zero-order valence-corrected chi connectivity index (χ0v) is 70.0. The van der Waals surface area contributed by atoms with Gasteiger partial charge in [-0.15, -0.1) is 0 Å². The molecule has 0 aromatic heterocycles. The summed E-state index contributed by atoms with van der Waals surface area (Å²) < 4.78 is 0. The highest BCUT2D eigenvalue weighted by Gasteiger charge is 2.40. The molecule has 2 aromatic carbocycles. The third-order valence-electron chi connectivity index (χ3n) is 19.6. The lowest BCUT2D eigenvalue weighted by Crippen LogP contribution is -2.60. The Kier molecular flexibility index (Phi) is 45.0. The van der Waals surface area contributed by atoms with Crippen molar-refractivity contribution in [3.63, 3.8) is 0 Å². The summed E-state index contributed by atoms with van der Waals surface area (Å²) in [4.78, 5) is 255. The molecule has 0 aliphatic carbocycles. The molecule has 16 amide bonds. The zero-order chi connectivity index (χ0) is 91.8. The number of phenols is 2. The topological polar surface area (TPSA) is 713 Å². The first-order valence-corrected chi connectivity index (χ1v) is 40.4. The Labute approximate surface area is 705 Å². The fraction of sp³-hybridized carbons (Fsp3) is 0.603. The molecule has 0 radical (unpaired) electrons. The number of unbranched alkanes of at least 4 members (excludes halogenated alkanes) is 3. The van der Waals surface area contributed by atoms with E-state index in [9.17, 15) is 112 Å². The number of nitrogens with zero attached hydrogens (tertiary/aromatic N) is 1. The fourth-order valence-corrected chi connectivity index (χ4v) is 12.2. The summed E-state index contributed by atoms with van der Waals surface area (Å²) in [6.07, 6.45) is -0.246.